The van der Waals surface area contributed by atoms with E-state index in [0.29, 0.717) is 24.6 Å². The Morgan fingerprint density at radius 2 is 2.26 bits per heavy atom. The molecule has 118 valence electrons. The lowest BCUT2D eigenvalue weighted by Gasteiger charge is -2.17. The van der Waals surface area contributed by atoms with Gasteiger partial charge in [-0.1, -0.05) is 6.07 Å². The van der Waals surface area contributed by atoms with Gasteiger partial charge >= 0.3 is 0 Å². The summed E-state index contributed by atoms with van der Waals surface area (Å²) in [5.41, 5.74) is 0.686. The van der Waals surface area contributed by atoms with Gasteiger partial charge in [0, 0.05) is 32.2 Å². The van der Waals surface area contributed by atoms with Crippen molar-refractivity contribution in [3.05, 3.63) is 42.6 Å². The summed E-state index contributed by atoms with van der Waals surface area (Å²) in [5, 5.41) is 10.9. The monoisotopic (exact) mass is 312 g/mol. The molecule has 0 spiro atoms. The highest BCUT2D eigenvalue weighted by Gasteiger charge is 2.37. The minimum absolute atomic E-state index is 0.131. The Bertz CT molecular complexity index is 854. The van der Waals surface area contributed by atoms with Crippen LogP contribution in [0.1, 0.15) is 18.3 Å². The van der Waals surface area contributed by atoms with Gasteiger partial charge in [-0.2, -0.15) is 0 Å². The van der Waals surface area contributed by atoms with Crippen LogP contribution in [0.25, 0.3) is 5.65 Å². The van der Waals surface area contributed by atoms with Crippen LogP contribution in [0.2, 0.25) is 0 Å². The number of ether oxygens (including phenoxy) is 1. The zero-order chi connectivity index (χ0) is 15.8. The Morgan fingerprint density at radius 1 is 1.35 bits per heavy atom. The van der Waals surface area contributed by atoms with Gasteiger partial charge in [-0.15, -0.1) is 10.2 Å². The molecule has 1 N–H and O–H groups in total. The zero-order valence-corrected chi connectivity index (χ0v) is 12.6. The van der Waals surface area contributed by atoms with Gasteiger partial charge in [0.2, 0.25) is 11.9 Å². The molecule has 8 heteroatoms. The van der Waals surface area contributed by atoms with Crippen molar-refractivity contribution in [3.8, 4) is 0 Å². The van der Waals surface area contributed by atoms with Gasteiger partial charge in [0.1, 0.15) is 11.9 Å². The number of aryl methyl sites for hydroxylation is 1. The summed E-state index contributed by atoms with van der Waals surface area (Å²) in [5.74, 6) is 0.741. The van der Waals surface area contributed by atoms with Crippen molar-refractivity contribution in [2.45, 2.75) is 12.5 Å². The van der Waals surface area contributed by atoms with Crippen LogP contribution in [-0.4, -0.2) is 36.7 Å². The molecule has 2 atom stereocenters. The van der Waals surface area contributed by atoms with E-state index in [9.17, 15) is 4.79 Å². The SMILES string of the molecule is Cn1ccnc1[C@@H]1OCC[C@H]1C(=O)Nc1nnc2ccccn12. The van der Waals surface area contributed by atoms with Crippen molar-refractivity contribution < 1.29 is 9.53 Å². The number of anilines is 1. The van der Waals surface area contributed by atoms with E-state index >= 15 is 0 Å². The highest BCUT2D eigenvalue weighted by Crippen LogP contribution is 2.34. The molecule has 8 nitrogen and oxygen atoms in total. The van der Waals surface area contributed by atoms with Crippen molar-refractivity contribution >= 4 is 17.5 Å². The molecule has 1 aliphatic rings. The molecule has 0 aromatic carbocycles. The van der Waals surface area contributed by atoms with Crippen LogP contribution in [0.3, 0.4) is 0 Å². The van der Waals surface area contributed by atoms with Crippen molar-refractivity contribution in [1.82, 2.24) is 24.1 Å². The fourth-order valence-electron chi connectivity index (χ4n) is 2.89. The lowest BCUT2D eigenvalue weighted by molar-refractivity contribution is -0.121. The molecule has 0 bridgehead atoms. The first-order valence-electron chi connectivity index (χ1n) is 7.43. The van der Waals surface area contributed by atoms with E-state index in [4.69, 9.17) is 4.74 Å². The second-order valence-corrected chi connectivity index (χ2v) is 5.52. The Hall–Kier alpha value is -2.74. The van der Waals surface area contributed by atoms with E-state index in [0.717, 1.165) is 5.82 Å². The van der Waals surface area contributed by atoms with E-state index in [-0.39, 0.29) is 17.9 Å². The largest absolute Gasteiger partial charge is 0.369 e. The Balaban J connectivity index is 1.58. The summed E-state index contributed by atoms with van der Waals surface area (Å²) in [4.78, 5) is 17.0. The van der Waals surface area contributed by atoms with E-state index in [1.54, 1.807) is 10.6 Å². The Labute approximate surface area is 132 Å². The number of carbonyl (C=O) groups is 1. The van der Waals surface area contributed by atoms with E-state index < -0.39 is 0 Å². The summed E-state index contributed by atoms with van der Waals surface area (Å²) in [7, 11) is 1.89. The number of hydrogen-bond donors (Lipinski definition) is 1. The molecule has 4 heterocycles. The van der Waals surface area contributed by atoms with E-state index in [2.05, 4.69) is 20.5 Å². The molecule has 23 heavy (non-hydrogen) atoms. The van der Waals surface area contributed by atoms with Crippen LogP contribution in [0.5, 0.6) is 0 Å². The number of hydrogen-bond acceptors (Lipinski definition) is 5. The minimum atomic E-state index is -0.339. The first-order valence-corrected chi connectivity index (χ1v) is 7.43. The lowest BCUT2D eigenvalue weighted by Crippen LogP contribution is -2.27. The number of imidazole rings is 1. The summed E-state index contributed by atoms with van der Waals surface area (Å²) >= 11 is 0. The van der Waals surface area contributed by atoms with Gasteiger partial charge in [0.15, 0.2) is 5.65 Å². The third-order valence-electron chi connectivity index (χ3n) is 4.09. The van der Waals surface area contributed by atoms with Gasteiger partial charge in [-0.05, 0) is 18.6 Å². The summed E-state index contributed by atoms with van der Waals surface area (Å²) < 4.78 is 9.35. The van der Waals surface area contributed by atoms with Crippen LogP contribution >= 0.6 is 0 Å². The third kappa shape index (κ3) is 2.36. The number of aromatic nitrogens is 5. The normalized spacial score (nSPS) is 20.9. The number of fused-ring (bicyclic) bond motifs is 1. The van der Waals surface area contributed by atoms with Crippen LogP contribution in [-0.2, 0) is 16.6 Å². The predicted molar refractivity (Wildman–Crippen MR) is 81.6 cm³/mol. The van der Waals surface area contributed by atoms with Crippen LogP contribution in [0, 0.1) is 5.92 Å². The molecule has 1 fully saturated rings. The van der Waals surface area contributed by atoms with Crippen LogP contribution in [0.15, 0.2) is 36.8 Å². The maximum absolute atomic E-state index is 12.7. The second kappa shape index (κ2) is 5.47. The highest BCUT2D eigenvalue weighted by atomic mass is 16.5. The Kier molecular flexibility index (Phi) is 3.30. The lowest BCUT2D eigenvalue weighted by atomic mass is 10.00. The smallest absolute Gasteiger partial charge is 0.235 e. The van der Waals surface area contributed by atoms with Crippen molar-refractivity contribution in [2.24, 2.45) is 13.0 Å². The first-order chi connectivity index (χ1) is 11.2. The molecule has 1 amide bonds. The molecule has 0 radical (unpaired) electrons. The van der Waals surface area contributed by atoms with E-state index in [1.165, 1.54) is 0 Å². The van der Waals surface area contributed by atoms with Crippen molar-refractivity contribution in [3.63, 3.8) is 0 Å². The third-order valence-corrected chi connectivity index (χ3v) is 4.09. The number of nitrogens with one attached hydrogen (secondary N) is 1. The van der Waals surface area contributed by atoms with E-state index in [1.807, 2.05) is 42.2 Å². The molecule has 1 aliphatic heterocycles. The van der Waals surface area contributed by atoms with Gasteiger partial charge in [0.25, 0.3) is 0 Å². The van der Waals surface area contributed by atoms with Crippen molar-refractivity contribution in [2.75, 3.05) is 11.9 Å². The van der Waals surface area contributed by atoms with Crippen molar-refractivity contribution in [1.29, 1.82) is 0 Å². The van der Waals surface area contributed by atoms with Crippen LogP contribution in [0.4, 0.5) is 5.95 Å². The fraction of sp³-hybridized carbons (Fsp3) is 0.333. The number of amides is 1. The number of rotatable bonds is 3. The summed E-state index contributed by atoms with van der Waals surface area (Å²) in [6.07, 6.45) is 5.68. The average molecular weight is 312 g/mol. The maximum Gasteiger partial charge on any atom is 0.235 e. The molecular weight excluding hydrogens is 296 g/mol. The predicted octanol–water partition coefficient (Wildman–Crippen LogP) is 1.18. The average Bonchev–Trinajstić information content (AvgIpc) is 3.27. The van der Waals surface area contributed by atoms with Gasteiger partial charge < -0.3 is 9.30 Å². The minimum Gasteiger partial charge on any atom is -0.369 e. The summed E-state index contributed by atoms with van der Waals surface area (Å²) in [6, 6.07) is 5.57. The number of nitrogens with zero attached hydrogens (tertiary/aromatic N) is 5. The quantitative estimate of drug-likeness (QED) is 0.785. The molecule has 0 unspecified atom stereocenters. The highest BCUT2D eigenvalue weighted by molar-refractivity contribution is 5.91. The molecule has 4 rings (SSSR count). The molecule has 0 saturated carbocycles. The number of pyridine rings is 1. The molecule has 3 aromatic heterocycles. The fourth-order valence-corrected chi connectivity index (χ4v) is 2.89. The van der Waals surface area contributed by atoms with Gasteiger partial charge in [-0.25, -0.2) is 4.98 Å². The standard InChI is InChI=1S/C15H16N6O2/c1-20-8-6-16-13(20)12-10(5-9-23-12)14(22)17-15-19-18-11-4-2-3-7-21(11)15/h2-4,6-8,10,12H,5,9H2,1H3,(H,17,19,22)/t10-,12-/m1/s1. The maximum atomic E-state index is 12.7. The first kappa shape index (κ1) is 13.9. The topological polar surface area (TPSA) is 86.3 Å². The Morgan fingerprint density at radius 3 is 3.09 bits per heavy atom. The second-order valence-electron chi connectivity index (χ2n) is 5.52. The van der Waals surface area contributed by atoms with Crippen LogP contribution < -0.4 is 5.32 Å². The zero-order valence-electron chi connectivity index (χ0n) is 12.6. The van der Waals surface area contributed by atoms with Gasteiger partial charge in [-0.3, -0.25) is 14.5 Å². The number of carbonyl (C=O) groups excluding carboxylic acids is 1. The summed E-state index contributed by atoms with van der Waals surface area (Å²) in [6.45, 7) is 0.538. The molecular formula is C15H16N6O2. The van der Waals surface area contributed by atoms with Gasteiger partial charge in [0.05, 0.1) is 5.92 Å². The molecule has 3 aromatic rings. The molecule has 1 saturated heterocycles. The molecule has 0 aliphatic carbocycles.